The van der Waals surface area contributed by atoms with Crippen LogP contribution in [0.3, 0.4) is 0 Å². The van der Waals surface area contributed by atoms with Crippen LogP contribution in [-0.4, -0.2) is 11.2 Å². The molecule has 0 saturated heterocycles. The van der Waals surface area contributed by atoms with Gasteiger partial charge in [-0.05, 0) is 61.8 Å². The lowest BCUT2D eigenvalue weighted by molar-refractivity contribution is 0.0442. The van der Waals surface area contributed by atoms with Gasteiger partial charge in [0.05, 0.1) is 6.10 Å². The van der Waals surface area contributed by atoms with Gasteiger partial charge in [-0.1, -0.05) is 30.3 Å². The van der Waals surface area contributed by atoms with Crippen molar-refractivity contribution in [3.63, 3.8) is 0 Å². The molecule has 2 unspecified atom stereocenters. The molecule has 4 atom stereocenters. The molecule has 2 aliphatic rings. The lowest BCUT2D eigenvalue weighted by Crippen LogP contribution is -2.32. The van der Waals surface area contributed by atoms with Crippen LogP contribution in [0.25, 0.3) is 0 Å². The van der Waals surface area contributed by atoms with Gasteiger partial charge in [0.1, 0.15) is 0 Å². The molecule has 0 aromatic heterocycles. The predicted octanol–water partition coefficient (Wildman–Crippen LogP) is 3.73. The summed E-state index contributed by atoms with van der Waals surface area (Å²) in [5.41, 5.74) is 1.53. The third-order valence-electron chi connectivity index (χ3n) is 4.86. The average molecular weight is 230 g/mol. The lowest BCUT2D eigenvalue weighted by atomic mass is 9.65. The maximum atomic E-state index is 9.73. The highest BCUT2D eigenvalue weighted by Gasteiger charge is 2.35. The van der Waals surface area contributed by atoms with Crippen LogP contribution in [0.2, 0.25) is 0 Å². The molecule has 0 aliphatic heterocycles. The van der Waals surface area contributed by atoms with Crippen molar-refractivity contribution in [3.05, 3.63) is 35.9 Å². The van der Waals surface area contributed by atoms with E-state index in [9.17, 15) is 5.11 Å². The lowest BCUT2D eigenvalue weighted by Gasteiger charge is -2.41. The molecule has 1 nitrogen and oxygen atoms in total. The van der Waals surface area contributed by atoms with Crippen LogP contribution < -0.4 is 0 Å². The predicted molar refractivity (Wildman–Crippen MR) is 69.9 cm³/mol. The summed E-state index contributed by atoms with van der Waals surface area (Å²) in [5, 5.41) is 9.73. The highest BCUT2D eigenvalue weighted by atomic mass is 16.3. The Morgan fingerprint density at radius 1 is 0.824 bits per heavy atom. The van der Waals surface area contributed by atoms with E-state index in [0.717, 1.165) is 30.6 Å². The summed E-state index contributed by atoms with van der Waals surface area (Å²) in [6.45, 7) is 0. The van der Waals surface area contributed by atoms with Gasteiger partial charge in [0.15, 0.2) is 0 Å². The van der Waals surface area contributed by atoms with Crippen LogP contribution in [0.1, 0.15) is 50.0 Å². The number of benzene rings is 1. The van der Waals surface area contributed by atoms with Gasteiger partial charge >= 0.3 is 0 Å². The summed E-state index contributed by atoms with van der Waals surface area (Å²) >= 11 is 0. The maximum absolute atomic E-state index is 9.73. The fourth-order valence-electron chi connectivity index (χ4n) is 3.89. The Morgan fingerprint density at radius 3 is 2.35 bits per heavy atom. The fourth-order valence-corrected chi connectivity index (χ4v) is 3.89. The molecule has 2 saturated carbocycles. The quantitative estimate of drug-likeness (QED) is 0.779. The first-order valence-electron chi connectivity index (χ1n) is 7.06. The molecule has 92 valence electrons. The van der Waals surface area contributed by atoms with Gasteiger partial charge in [-0.25, -0.2) is 0 Å². The van der Waals surface area contributed by atoms with E-state index in [1.807, 2.05) is 0 Å². The highest BCUT2D eigenvalue weighted by molar-refractivity contribution is 5.20. The molecule has 0 amide bonds. The fraction of sp³-hybridized carbons (Fsp3) is 0.625. The van der Waals surface area contributed by atoms with Gasteiger partial charge < -0.3 is 5.11 Å². The Labute approximate surface area is 104 Å². The molecule has 0 heterocycles. The minimum Gasteiger partial charge on any atom is -0.393 e. The molecule has 17 heavy (non-hydrogen) atoms. The number of aliphatic hydroxyl groups excluding tert-OH is 1. The zero-order valence-corrected chi connectivity index (χ0v) is 10.4. The van der Waals surface area contributed by atoms with Crippen LogP contribution in [-0.2, 0) is 0 Å². The maximum Gasteiger partial charge on any atom is 0.0543 e. The molecule has 0 spiro atoms. The van der Waals surface area contributed by atoms with Crippen molar-refractivity contribution in [1.29, 1.82) is 0 Å². The van der Waals surface area contributed by atoms with Gasteiger partial charge in [-0.2, -0.15) is 0 Å². The van der Waals surface area contributed by atoms with Crippen LogP contribution in [0.15, 0.2) is 30.3 Å². The zero-order chi connectivity index (χ0) is 11.7. The average Bonchev–Trinajstić information content (AvgIpc) is 2.39. The first-order valence-corrected chi connectivity index (χ1v) is 7.06. The SMILES string of the molecule is O[C@H]1CCC2C[C@H](c3ccccc3)CCC2C1. The van der Waals surface area contributed by atoms with Gasteiger partial charge in [0.2, 0.25) is 0 Å². The molecule has 1 N–H and O–H groups in total. The molecular weight excluding hydrogens is 208 g/mol. The standard InChI is InChI=1S/C16H22O/c17-16-9-8-14-10-13(6-7-15(14)11-16)12-4-2-1-3-5-12/h1-5,13-17H,6-11H2/t13-,14?,15?,16+/m1/s1. The molecule has 0 bridgehead atoms. The Morgan fingerprint density at radius 2 is 1.53 bits per heavy atom. The smallest absolute Gasteiger partial charge is 0.0543 e. The molecule has 2 aliphatic carbocycles. The Bertz CT molecular complexity index is 359. The van der Waals surface area contributed by atoms with Crippen LogP contribution in [0.4, 0.5) is 0 Å². The van der Waals surface area contributed by atoms with Crippen LogP contribution >= 0.6 is 0 Å². The normalized spacial score (nSPS) is 37.5. The number of aliphatic hydroxyl groups is 1. The van der Waals surface area contributed by atoms with Crippen molar-refractivity contribution in [2.75, 3.05) is 0 Å². The molecule has 1 heteroatoms. The Balaban J connectivity index is 1.68. The Kier molecular flexibility index (Phi) is 3.19. The second kappa shape index (κ2) is 4.81. The van der Waals surface area contributed by atoms with E-state index in [1.165, 1.54) is 31.2 Å². The first kappa shape index (κ1) is 11.3. The summed E-state index contributed by atoms with van der Waals surface area (Å²) in [6, 6.07) is 11.0. The van der Waals surface area contributed by atoms with Crippen LogP contribution in [0.5, 0.6) is 0 Å². The molecule has 0 radical (unpaired) electrons. The van der Waals surface area contributed by atoms with Crippen molar-refractivity contribution >= 4 is 0 Å². The van der Waals surface area contributed by atoms with E-state index in [2.05, 4.69) is 30.3 Å². The van der Waals surface area contributed by atoms with Crippen molar-refractivity contribution in [1.82, 2.24) is 0 Å². The van der Waals surface area contributed by atoms with Gasteiger partial charge in [0.25, 0.3) is 0 Å². The van der Waals surface area contributed by atoms with Crippen LogP contribution in [0, 0.1) is 11.8 Å². The zero-order valence-electron chi connectivity index (χ0n) is 10.4. The molecule has 3 rings (SSSR count). The van der Waals surface area contributed by atoms with E-state index in [-0.39, 0.29) is 6.10 Å². The van der Waals surface area contributed by atoms with Crippen molar-refractivity contribution < 1.29 is 5.11 Å². The minimum absolute atomic E-state index is 0.00970. The molecule has 1 aromatic rings. The summed E-state index contributed by atoms with van der Waals surface area (Å²) < 4.78 is 0. The Hall–Kier alpha value is -0.820. The molecule has 1 aromatic carbocycles. The highest BCUT2D eigenvalue weighted by Crippen LogP contribution is 2.45. The second-order valence-corrected chi connectivity index (χ2v) is 5.91. The van der Waals surface area contributed by atoms with Gasteiger partial charge in [0, 0.05) is 0 Å². The first-order chi connectivity index (χ1) is 8.33. The molecule has 2 fully saturated rings. The molecular formula is C16H22O. The largest absolute Gasteiger partial charge is 0.393 e. The third kappa shape index (κ3) is 2.40. The van der Waals surface area contributed by atoms with E-state index in [0.29, 0.717) is 0 Å². The van der Waals surface area contributed by atoms with Gasteiger partial charge in [-0.3, -0.25) is 0 Å². The van der Waals surface area contributed by atoms with E-state index in [1.54, 1.807) is 0 Å². The number of fused-ring (bicyclic) bond motifs is 1. The summed E-state index contributed by atoms with van der Waals surface area (Å²) in [7, 11) is 0. The summed E-state index contributed by atoms with van der Waals surface area (Å²) in [4.78, 5) is 0. The van der Waals surface area contributed by atoms with Crippen molar-refractivity contribution in [2.45, 2.75) is 50.5 Å². The minimum atomic E-state index is -0.00970. The van der Waals surface area contributed by atoms with Gasteiger partial charge in [-0.15, -0.1) is 0 Å². The van der Waals surface area contributed by atoms with Crippen molar-refractivity contribution in [2.24, 2.45) is 11.8 Å². The van der Waals surface area contributed by atoms with E-state index in [4.69, 9.17) is 0 Å². The summed E-state index contributed by atoms with van der Waals surface area (Å²) in [6.07, 6.45) is 7.31. The van der Waals surface area contributed by atoms with E-state index < -0.39 is 0 Å². The number of hydrogen-bond donors (Lipinski definition) is 1. The number of rotatable bonds is 1. The van der Waals surface area contributed by atoms with Crippen molar-refractivity contribution in [3.8, 4) is 0 Å². The monoisotopic (exact) mass is 230 g/mol. The third-order valence-corrected chi connectivity index (χ3v) is 4.86. The summed E-state index contributed by atoms with van der Waals surface area (Å²) in [5.74, 6) is 2.45. The second-order valence-electron chi connectivity index (χ2n) is 5.91. The number of hydrogen-bond acceptors (Lipinski definition) is 1. The topological polar surface area (TPSA) is 20.2 Å². The van der Waals surface area contributed by atoms with E-state index >= 15 is 0 Å².